The van der Waals surface area contributed by atoms with Crippen molar-refractivity contribution in [3.63, 3.8) is 0 Å². The highest BCUT2D eigenvalue weighted by atomic mass is 79.9. The quantitative estimate of drug-likeness (QED) is 0.838. The molecule has 0 atom stereocenters. The van der Waals surface area contributed by atoms with Crippen LogP contribution in [0.25, 0.3) is 0 Å². The third-order valence-corrected chi connectivity index (χ3v) is 4.83. The van der Waals surface area contributed by atoms with Gasteiger partial charge in [-0.2, -0.15) is 0 Å². The second kappa shape index (κ2) is 6.77. The molecule has 6 heteroatoms. The van der Waals surface area contributed by atoms with Gasteiger partial charge in [-0.1, -0.05) is 22.0 Å². The van der Waals surface area contributed by atoms with Gasteiger partial charge in [0.15, 0.2) is 0 Å². The van der Waals surface area contributed by atoms with Crippen LogP contribution in [0.1, 0.15) is 39.2 Å². The SMILES string of the molecule is CC(C)(C)OC(=O)N1CCC(CO)(c2ccc(F)cc2Br)CC1. The molecular weight excluding hydrogens is 365 g/mol. The summed E-state index contributed by atoms with van der Waals surface area (Å²) < 4.78 is 19.3. The van der Waals surface area contributed by atoms with E-state index in [1.807, 2.05) is 20.8 Å². The standard InChI is InChI=1S/C17H23BrFNO3/c1-16(2,3)23-15(22)20-8-6-17(11-21,7-9-20)13-5-4-12(19)10-14(13)18/h4-5,10,21H,6-9,11H2,1-3H3. The normalized spacial score (nSPS) is 17.9. The number of nitrogens with zero attached hydrogens (tertiary/aromatic N) is 1. The number of likely N-dealkylation sites (tertiary alicyclic amines) is 1. The predicted octanol–water partition coefficient (Wildman–Crippen LogP) is 3.85. The van der Waals surface area contributed by atoms with Crippen molar-refractivity contribution in [3.05, 3.63) is 34.1 Å². The molecule has 1 amide bonds. The largest absolute Gasteiger partial charge is 0.444 e. The Morgan fingerprint density at radius 2 is 2.00 bits per heavy atom. The van der Waals surface area contributed by atoms with E-state index in [0.717, 1.165) is 5.56 Å². The van der Waals surface area contributed by atoms with Crippen LogP contribution < -0.4 is 0 Å². The minimum atomic E-state index is -0.525. The minimum absolute atomic E-state index is 0.0423. The number of amides is 1. The molecule has 0 radical (unpaired) electrons. The van der Waals surface area contributed by atoms with Gasteiger partial charge < -0.3 is 14.7 Å². The first kappa shape index (κ1) is 18.2. The van der Waals surface area contributed by atoms with Gasteiger partial charge >= 0.3 is 6.09 Å². The number of carbonyl (C=O) groups excluding carboxylic acids is 1. The van der Waals surface area contributed by atoms with E-state index in [-0.39, 0.29) is 18.5 Å². The Balaban J connectivity index is 2.12. The molecule has 1 aromatic carbocycles. The van der Waals surface area contributed by atoms with Crippen LogP contribution in [0.4, 0.5) is 9.18 Å². The van der Waals surface area contributed by atoms with Crippen LogP contribution in [0.3, 0.4) is 0 Å². The molecule has 0 unspecified atom stereocenters. The molecule has 0 aliphatic carbocycles. The summed E-state index contributed by atoms with van der Waals surface area (Å²) in [5.41, 5.74) is -0.113. The maximum Gasteiger partial charge on any atom is 0.410 e. The molecule has 1 aromatic rings. The van der Waals surface area contributed by atoms with Crippen molar-refractivity contribution in [3.8, 4) is 0 Å². The van der Waals surface area contributed by atoms with E-state index in [4.69, 9.17) is 4.74 Å². The van der Waals surface area contributed by atoms with Gasteiger partial charge in [-0.3, -0.25) is 0 Å². The monoisotopic (exact) mass is 387 g/mol. The van der Waals surface area contributed by atoms with E-state index in [2.05, 4.69) is 15.9 Å². The van der Waals surface area contributed by atoms with Gasteiger partial charge in [-0.25, -0.2) is 9.18 Å². The van der Waals surface area contributed by atoms with E-state index in [0.29, 0.717) is 30.4 Å². The highest BCUT2D eigenvalue weighted by Gasteiger charge is 2.39. The average Bonchev–Trinajstić information content (AvgIpc) is 2.45. The maximum absolute atomic E-state index is 13.3. The van der Waals surface area contributed by atoms with Crippen molar-refractivity contribution in [1.29, 1.82) is 0 Å². The van der Waals surface area contributed by atoms with Crippen LogP contribution in [-0.2, 0) is 10.2 Å². The number of carbonyl (C=O) groups is 1. The Hall–Kier alpha value is -1.14. The summed E-state index contributed by atoms with van der Waals surface area (Å²) in [6.07, 6.45) is 0.877. The third kappa shape index (κ3) is 4.23. The van der Waals surface area contributed by atoms with Crippen LogP contribution in [0.2, 0.25) is 0 Å². The summed E-state index contributed by atoms with van der Waals surface area (Å²) in [6, 6.07) is 4.52. The lowest BCUT2D eigenvalue weighted by molar-refractivity contribution is 0.0122. The Morgan fingerprint density at radius 3 is 2.48 bits per heavy atom. The van der Waals surface area contributed by atoms with Crippen LogP contribution in [-0.4, -0.2) is 41.4 Å². The summed E-state index contributed by atoms with van der Waals surface area (Å²) in [5.74, 6) is -0.320. The van der Waals surface area contributed by atoms with Crippen LogP contribution in [0.15, 0.2) is 22.7 Å². The van der Waals surface area contributed by atoms with Gasteiger partial charge in [0, 0.05) is 23.0 Å². The van der Waals surface area contributed by atoms with Gasteiger partial charge in [0.1, 0.15) is 11.4 Å². The number of ether oxygens (including phenoxy) is 1. The van der Waals surface area contributed by atoms with E-state index < -0.39 is 11.0 Å². The predicted molar refractivity (Wildman–Crippen MR) is 89.9 cm³/mol. The Bertz CT molecular complexity index is 578. The highest BCUT2D eigenvalue weighted by molar-refractivity contribution is 9.10. The summed E-state index contributed by atoms with van der Waals surface area (Å²) in [7, 11) is 0. The summed E-state index contributed by atoms with van der Waals surface area (Å²) in [4.78, 5) is 13.8. The molecule has 4 nitrogen and oxygen atoms in total. The zero-order valence-corrected chi connectivity index (χ0v) is 15.3. The summed E-state index contributed by atoms with van der Waals surface area (Å²) in [5, 5.41) is 9.95. The lowest BCUT2D eigenvalue weighted by Gasteiger charge is -2.41. The van der Waals surface area contributed by atoms with Gasteiger partial charge in [-0.15, -0.1) is 0 Å². The highest BCUT2D eigenvalue weighted by Crippen LogP contribution is 2.39. The number of rotatable bonds is 2. The first-order valence-electron chi connectivity index (χ1n) is 7.71. The van der Waals surface area contributed by atoms with Crippen LogP contribution in [0, 0.1) is 5.82 Å². The first-order chi connectivity index (χ1) is 10.7. The first-order valence-corrected chi connectivity index (χ1v) is 8.50. The zero-order valence-electron chi connectivity index (χ0n) is 13.7. The molecule has 1 aliphatic heterocycles. The molecule has 1 heterocycles. The molecule has 1 aliphatic rings. The molecule has 1 saturated heterocycles. The molecular formula is C17H23BrFNO3. The molecule has 2 rings (SSSR count). The zero-order chi connectivity index (χ0) is 17.3. The lowest BCUT2D eigenvalue weighted by Crippen LogP contribution is -2.48. The molecule has 0 spiro atoms. The fourth-order valence-corrected chi connectivity index (χ4v) is 3.65. The Kier molecular flexibility index (Phi) is 5.36. The number of piperidine rings is 1. The van der Waals surface area contributed by atoms with Gasteiger partial charge in [-0.05, 0) is 51.3 Å². The van der Waals surface area contributed by atoms with Crippen LogP contribution in [0.5, 0.6) is 0 Å². The van der Waals surface area contributed by atoms with Gasteiger partial charge in [0.2, 0.25) is 0 Å². The molecule has 0 saturated carbocycles. The van der Waals surface area contributed by atoms with Crippen molar-refractivity contribution < 1.29 is 19.0 Å². The second-order valence-corrected chi connectivity index (χ2v) is 7.88. The summed E-state index contributed by atoms with van der Waals surface area (Å²) >= 11 is 3.39. The molecule has 128 valence electrons. The van der Waals surface area contributed by atoms with Crippen LogP contribution >= 0.6 is 15.9 Å². The van der Waals surface area contributed by atoms with Gasteiger partial charge in [0.05, 0.1) is 6.61 Å². The number of hydrogen-bond donors (Lipinski definition) is 1. The second-order valence-electron chi connectivity index (χ2n) is 7.03. The van der Waals surface area contributed by atoms with Crippen molar-refractivity contribution in [2.24, 2.45) is 0 Å². The maximum atomic E-state index is 13.3. The molecule has 1 fully saturated rings. The van der Waals surface area contributed by atoms with E-state index in [1.54, 1.807) is 11.0 Å². The van der Waals surface area contributed by atoms with Crippen molar-refractivity contribution in [2.75, 3.05) is 19.7 Å². The van der Waals surface area contributed by atoms with E-state index in [1.165, 1.54) is 12.1 Å². The Labute approximate surface area is 144 Å². The van der Waals surface area contributed by atoms with Crippen molar-refractivity contribution in [2.45, 2.75) is 44.6 Å². The smallest absolute Gasteiger partial charge is 0.410 e. The van der Waals surface area contributed by atoms with Crippen molar-refractivity contribution >= 4 is 22.0 Å². The molecule has 1 N–H and O–H groups in total. The minimum Gasteiger partial charge on any atom is -0.444 e. The fraction of sp³-hybridized carbons (Fsp3) is 0.588. The topological polar surface area (TPSA) is 49.8 Å². The molecule has 0 bridgehead atoms. The number of aliphatic hydroxyl groups is 1. The van der Waals surface area contributed by atoms with Gasteiger partial charge in [0.25, 0.3) is 0 Å². The number of benzene rings is 1. The number of halogens is 2. The fourth-order valence-electron chi connectivity index (χ4n) is 2.88. The molecule has 0 aromatic heterocycles. The summed E-state index contributed by atoms with van der Waals surface area (Å²) in [6.45, 7) is 6.46. The Morgan fingerprint density at radius 1 is 1.39 bits per heavy atom. The number of hydrogen-bond acceptors (Lipinski definition) is 3. The van der Waals surface area contributed by atoms with Crippen molar-refractivity contribution in [1.82, 2.24) is 4.90 Å². The lowest BCUT2D eigenvalue weighted by atomic mass is 9.73. The molecule has 23 heavy (non-hydrogen) atoms. The number of aliphatic hydroxyl groups excluding tert-OH is 1. The van der Waals surface area contributed by atoms with E-state index >= 15 is 0 Å². The third-order valence-electron chi connectivity index (χ3n) is 4.18. The average molecular weight is 388 g/mol. The van der Waals surface area contributed by atoms with E-state index in [9.17, 15) is 14.3 Å².